The zero-order chi connectivity index (χ0) is 38.3. The molecule has 4 heterocycles. The number of anilines is 2. The number of nitrogens with zero attached hydrogens (tertiary/aromatic N) is 5. The number of aliphatic hydroxyl groups is 1. The summed E-state index contributed by atoms with van der Waals surface area (Å²) in [6.45, 7) is 8.50. The Labute approximate surface area is 323 Å². The number of aromatic nitrogens is 3. The molecule has 0 saturated carbocycles. The quantitative estimate of drug-likeness (QED) is 0.149. The van der Waals surface area contributed by atoms with Crippen molar-refractivity contribution >= 4 is 36.4 Å². The molecule has 3 aliphatic rings. The van der Waals surface area contributed by atoms with Gasteiger partial charge in [0.1, 0.15) is 17.5 Å². The largest absolute Gasteiger partial charge is 0.497 e. The highest BCUT2D eigenvalue weighted by Gasteiger charge is 2.66. The van der Waals surface area contributed by atoms with Gasteiger partial charge in [0.05, 0.1) is 39.7 Å². The lowest BCUT2D eigenvalue weighted by atomic mass is 9.82. The van der Waals surface area contributed by atoms with E-state index in [4.69, 9.17) is 9.47 Å². The van der Waals surface area contributed by atoms with Crippen LogP contribution in [-0.4, -0.2) is 59.7 Å². The zero-order valence-corrected chi connectivity index (χ0v) is 33.0. The first-order chi connectivity index (χ1) is 26.6. The molecule has 1 aromatic heterocycles. The van der Waals surface area contributed by atoms with Crippen molar-refractivity contribution in [2.45, 2.75) is 82.1 Å². The fourth-order valence-corrected chi connectivity index (χ4v) is 13.4. The van der Waals surface area contributed by atoms with Gasteiger partial charge in [0.2, 0.25) is 5.91 Å². The highest BCUT2D eigenvalue weighted by Crippen LogP contribution is 2.60. The lowest BCUT2D eigenvalue weighted by Crippen LogP contribution is -2.51. The maximum Gasteiger partial charge on any atom is 0.264 e. The van der Waals surface area contributed by atoms with E-state index in [2.05, 4.69) is 48.5 Å². The number of ether oxygens (including phenoxy) is 2. The standard InChI is InChI=1S/C44H49N5O5Si/c1-30-42(55(3,4)35-21-19-34(53-2)20-22-35)39(24-26-47-29-37(45-46-47)41(51)32-15-9-6-10-16-32)54-44(30)36-27-33(48-25-12-11-17-40(48)50)18-23-38(36)49(43(44)52)28-31-13-7-5-8-14-31/h5-10,13-16,18-23,27,29-30,39,41-42,51H,11-12,17,24-26,28H2,1-4H3/t30-,39+,41-,42-,44+/m1/s1. The second-order valence-electron chi connectivity index (χ2n) is 15.7. The van der Waals surface area contributed by atoms with Crippen molar-refractivity contribution < 1.29 is 24.2 Å². The van der Waals surface area contributed by atoms with Gasteiger partial charge in [0.15, 0.2) is 5.60 Å². The van der Waals surface area contributed by atoms with Gasteiger partial charge in [-0.1, -0.05) is 103 Å². The van der Waals surface area contributed by atoms with E-state index in [1.165, 1.54) is 5.19 Å². The highest BCUT2D eigenvalue weighted by atomic mass is 28.3. The summed E-state index contributed by atoms with van der Waals surface area (Å²) in [5.74, 6) is 0.640. The molecule has 0 bridgehead atoms. The van der Waals surface area contributed by atoms with Crippen LogP contribution in [0.1, 0.15) is 61.1 Å². The first-order valence-electron chi connectivity index (χ1n) is 19.4. The zero-order valence-electron chi connectivity index (χ0n) is 32.0. The van der Waals surface area contributed by atoms with Crippen molar-refractivity contribution in [3.8, 4) is 5.75 Å². The maximum atomic E-state index is 15.3. The fraction of sp³-hybridized carbons (Fsp3) is 0.364. The van der Waals surface area contributed by atoms with Crippen molar-refractivity contribution in [1.82, 2.24) is 15.0 Å². The summed E-state index contributed by atoms with van der Waals surface area (Å²) in [7, 11) is -0.726. The molecule has 2 saturated heterocycles. The molecule has 2 fully saturated rings. The summed E-state index contributed by atoms with van der Waals surface area (Å²) in [4.78, 5) is 32.3. The molecule has 1 spiro atoms. The Morgan fingerprint density at radius 2 is 1.69 bits per heavy atom. The Bertz CT molecular complexity index is 2160. The van der Waals surface area contributed by atoms with Gasteiger partial charge >= 0.3 is 0 Å². The fourth-order valence-electron chi connectivity index (χ4n) is 9.35. The lowest BCUT2D eigenvalue weighted by Gasteiger charge is -2.37. The first kappa shape index (κ1) is 36.9. The van der Waals surface area contributed by atoms with Gasteiger partial charge in [0, 0.05) is 36.7 Å². The number of aryl methyl sites for hydroxylation is 1. The van der Waals surface area contributed by atoms with Crippen molar-refractivity contribution in [3.63, 3.8) is 0 Å². The Hall–Kier alpha value is -5.10. The summed E-state index contributed by atoms with van der Waals surface area (Å²) in [5.41, 5.74) is 3.48. The van der Waals surface area contributed by atoms with Gasteiger partial charge in [-0.15, -0.1) is 5.10 Å². The normalized spacial score (nSPS) is 23.0. The van der Waals surface area contributed by atoms with Gasteiger partial charge in [-0.25, -0.2) is 0 Å². The molecular formula is C44H49N5O5Si. The highest BCUT2D eigenvalue weighted by molar-refractivity contribution is 6.91. The first-order valence-corrected chi connectivity index (χ1v) is 22.5. The van der Waals surface area contributed by atoms with Crippen LogP contribution in [-0.2, 0) is 33.0 Å². The maximum absolute atomic E-state index is 15.3. The van der Waals surface area contributed by atoms with Crippen molar-refractivity contribution in [3.05, 3.63) is 132 Å². The number of piperidine rings is 1. The average Bonchev–Trinajstić information content (AvgIpc) is 3.88. The van der Waals surface area contributed by atoms with Crippen LogP contribution in [0, 0.1) is 5.92 Å². The predicted molar refractivity (Wildman–Crippen MR) is 215 cm³/mol. The van der Waals surface area contributed by atoms with Crippen LogP contribution in [0.2, 0.25) is 18.6 Å². The number of carbonyl (C=O) groups excluding carboxylic acids is 2. The van der Waals surface area contributed by atoms with Crippen molar-refractivity contribution in [2.75, 3.05) is 23.5 Å². The summed E-state index contributed by atoms with van der Waals surface area (Å²) in [6, 6.07) is 33.9. The van der Waals surface area contributed by atoms with Gasteiger partial charge in [-0.3, -0.25) is 14.3 Å². The Morgan fingerprint density at radius 1 is 0.964 bits per heavy atom. The van der Waals surface area contributed by atoms with Gasteiger partial charge in [-0.05, 0) is 66.3 Å². The molecule has 0 unspecified atom stereocenters. The van der Waals surface area contributed by atoms with Gasteiger partial charge < -0.3 is 24.4 Å². The second kappa shape index (κ2) is 14.9. The van der Waals surface area contributed by atoms with Crippen LogP contribution in [0.5, 0.6) is 5.75 Å². The molecule has 1 N–H and O–H groups in total. The Balaban J connectivity index is 1.19. The number of methoxy groups -OCH3 is 1. The predicted octanol–water partition coefficient (Wildman–Crippen LogP) is 6.74. The number of amides is 2. The van der Waals surface area contributed by atoms with Gasteiger partial charge in [0.25, 0.3) is 5.91 Å². The van der Waals surface area contributed by atoms with Gasteiger partial charge in [-0.2, -0.15) is 0 Å². The molecular weight excluding hydrogens is 707 g/mol. The van der Waals surface area contributed by atoms with Crippen LogP contribution in [0.4, 0.5) is 11.4 Å². The van der Waals surface area contributed by atoms with Crippen LogP contribution in [0.15, 0.2) is 109 Å². The SMILES string of the molecule is COc1ccc([Si](C)(C)[C@H]2[C@H](CCn3cc([C@H](O)c4ccccc4)nn3)O[C@@]3(C(=O)N(Cc4ccccc4)c4ccc(N5CCCCC5=O)cc43)[C@@H]2C)cc1. The third-order valence-electron chi connectivity index (χ3n) is 12.2. The van der Waals surface area contributed by atoms with Crippen LogP contribution < -0.4 is 19.7 Å². The van der Waals surface area contributed by atoms with E-state index in [0.29, 0.717) is 38.2 Å². The molecule has 10 nitrogen and oxygen atoms in total. The number of hydrogen-bond donors (Lipinski definition) is 1. The molecule has 0 aliphatic carbocycles. The topological polar surface area (TPSA) is 110 Å². The second-order valence-corrected chi connectivity index (χ2v) is 20.4. The minimum Gasteiger partial charge on any atom is -0.497 e. The van der Waals surface area contributed by atoms with Crippen LogP contribution in [0.3, 0.4) is 0 Å². The van der Waals surface area contributed by atoms with Crippen LogP contribution in [0.25, 0.3) is 0 Å². The minimum atomic E-state index is -2.40. The molecule has 55 heavy (non-hydrogen) atoms. The summed E-state index contributed by atoms with van der Waals surface area (Å²) in [5, 5.41) is 21.0. The summed E-state index contributed by atoms with van der Waals surface area (Å²) in [6.07, 6.45) is 3.54. The van der Waals surface area contributed by atoms with E-state index < -0.39 is 19.8 Å². The number of hydrogen-bond acceptors (Lipinski definition) is 7. The monoisotopic (exact) mass is 755 g/mol. The number of carbonyl (C=O) groups is 2. The van der Waals surface area contributed by atoms with E-state index >= 15 is 4.79 Å². The molecule has 4 aromatic carbocycles. The number of rotatable bonds is 11. The summed E-state index contributed by atoms with van der Waals surface area (Å²) < 4.78 is 14.7. The van der Waals surface area contributed by atoms with Crippen LogP contribution >= 0.6 is 0 Å². The van der Waals surface area contributed by atoms with E-state index in [1.54, 1.807) is 18.0 Å². The van der Waals surface area contributed by atoms with Crippen molar-refractivity contribution in [2.24, 2.45) is 5.92 Å². The van der Waals surface area contributed by atoms with E-state index in [1.807, 2.05) is 94.7 Å². The van der Waals surface area contributed by atoms with Crippen molar-refractivity contribution in [1.29, 1.82) is 0 Å². The summed E-state index contributed by atoms with van der Waals surface area (Å²) >= 11 is 0. The number of fused-ring (bicyclic) bond motifs is 2. The van der Waals surface area contributed by atoms with E-state index in [9.17, 15) is 9.90 Å². The third-order valence-corrected chi connectivity index (χ3v) is 16.6. The Kier molecular flexibility index (Phi) is 9.95. The number of aliphatic hydroxyl groups excluding tert-OH is 1. The Morgan fingerprint density at radius 3 is 2.40 bits per heavy atom. The molecule has 3 aliphatic heterocycles. The molecule has 5 aromatic rings. The third kappa shape index (κ3) is 6.57. The molecule has 11 heteroatoms. The average molecular weight is 756 g/mol. The van der Waals surface area contributed by atoms with E-state index in [-0.39, 0.29) is 29.4 Å². The van der Waals surface area contributed by atoms with E-state index in [0.717, 1.165) is 46.7 Å². The lowest BCUT2D eigenvalue weighted by molar-refractivity contribution is -0.146. The smallest absolute Gasteiger partial charge is 0.264 e. The molecule has 0 radical (unpaired) electrons. The number of benzene rings is 4. The molecule has 8 rings (SSSR count). The molecule has 2 amide bonds. The molecule has 284 valence electrons. The minimum absolute atomic E-state index is 0.0209. The molecule has 5 atom stereocenters.